The average molecular weight is 303 g/mol. The highest BCUT2D eigenvalue weighted by Crippen LogP contribution is 2.52. The van der Waals surface area contributed by atoms with Crippen LogP contribution in [0.3, 0.4) is 0 Å². The normalized spacial score (nSPS) is 33.4. The minimum absolute atomic E-state index is 0.122. The summed E-state index contributed by atoms with van der Waals surface area (Å²) in [7, 11) is 0. The zero-order valence-corrected chi connectivity index (χ0v) is 13.3. The maximum atomic E-state index is 9.92. The zero-order valence-electron chi connectivity index (χ0n) is 13.3. The Morgan fingerprint density at radius 2 is 2.05 bits per heavy atom. The Hall–Kier alpha value is -1.26. The summed E-state index contributed by atoms with van der Waals surface area (Å²) in [5.74, 6) is 1.73. The molecule has 1 aromatic rings. The first-order valence-electron chi connectivity index (χ1n) is 8.51. The van der Waals surface area contributed by atoms with Gasteiger partial charge in [-0.05, 0) is 43.4 Å². The quantitative estimate of drug-likeness (QED) is 0.928. The van der Waals surface area contributed by atoms with Crippen LogP contribution in [0.15, 0.2) is 18.2 Å². The van der Waals surface area contributed by atoms with Crippen LogP contribution in [0.25, 0.3) is 0 Å². The number of aliphatic hydroxyl groups is 1. The van der Waals surface area contributed by atoms with E-state index in [4.69, 9.17) is 9.47 Å². The Bertz CT molecular complexity index is 555. The fraction of sp³-hybridized carbons (Fsp3) is 0.667. The predicted octanol–water partition coefficient (Wildman–Crippen LogP) is 2.58. The first-order chi connectivity index (χ1) is 10.8. The van der Waals surface area contributed by atoms with Crippen LogP contribution in [0, 0.1) is 5.41 Å². The van der Waals surface area contributed by atoms with E-state index in [0.717, 1.165) is 30.9 Å². The minimum atomic E-state index is 0.122. The van der Waals surface area contributed by atoms with Crippen molar-refractivity contribution in [3.05, 3.63) is 23.8 Å². The van der Waals surface area contributed by atoms with Gasteiger partial charge in [0, 0.05) is 24.0 Å². The maximum absolute atomic E-state index is 9.92. The summed E-state index contributed by atoms with van der Waals surface area (Å²) >= 11 is 0. The van der Waals surface area contributed by atoms with E-state index in [-0.39, 0.29) is 5.41 Å². The van der Waals surface area contributed by atoms with Gasteiger partial charge in [-0.15, -0.1) is 0 Å². The molecule has 2 saturated heterocycles. The number of aliphatic hydroxyl groups excluding tert-OH is 1. The average Bonchev–Trinajstić information content (AvgIpc) is 3.09. The van der Waals surface area contributed by atoms with Crippen molar-refractivity contribution >= 4 is 0 Å². The first-order valence-corrected chi connectivity index (χ1v) is 8.51. The minimum Gasteiger partial charge on any atom is -0.486 e. The van der Waals surface area contributed by atoms with Crippen molar-refractivity contribution in [2.24, 2.45) is 5.41 Å². The molecule has 0 radical (unpaired) electrons. The molecule has 0 aromatic heterocycles. The summed E-state index contributed by atoms with van der Waals surface area (Å²) in [6.45, 7) is 4.77. The van der Waals surface area contributed by atoms with E-state index in [1.54, 1.807) is 0 Å². The van der Waals surface area contributed by atoms with Gasteiger partial charge in [0.1, 0.15) is 13.2 Å². The number of hydrogen-bond donors (Lipinski definition) is 1. The van der Waals surface area contributed by atoms with Crippen molar-refractivity contribution in [2.75, 3.05) is 19.8 Å². The highest BCUT2D eigenvalue weighted by molar-refractivity contribution is 5.43. The zero-order chi connectivity index (χ0) is 15.2. The molecule has 3 heterocycles. The van der Waals surface area contributed by atoms with Crippen molar-refractivity contribution in [3.8, 4) is 11.5 Å². The van der Waals surface area contributed by atoms with Crippen LogP contribution in [0.4, 0.5) is 0 Å². The van der Waals surface area contributed by atoms with Gasteiger partial charge in [-0.2, -0.15) is 0 Å². The van der Waals surface area contributed by atoms with E-state index < -0.39 is 0 Å². The third-order valence-corrected chi connectivity index (χ3v) is 5.98. The Kier molecular flexibility index (Phi) is 3.54. The summed E-state index contributed by atoms with van der Waals surface area (Å²) in [6, 6.07) is 7.46. The third-order valence-electron chi connectivity index (χ3n) is 5.98. The molecule has 0 unspecified atom stereocenters. The first kappa shape index (κ1) is 14.3. The fourth-order valence-corrected chi connectivity index (χ4v) is 4.72. The molecular formula is C18H25NO3. The van der Waals surface area contributed by atoms with Crippen LogP contribution in [0.5, 0.6) is 11.5 Å². The molecule has 0 saturated carbocycles. The van der Waals surface area contributed by atoms with Gasteiger partial charge in [-0.3, -0.25) is 4.90 Å². The summed E-state index contributed by atoms with van der Waals surface area (Å²) in [5.41, 5.74) is 1.41. The maximum Gasteiger partial charge on any atom is 0.161 e. The van der Waals surface area contributed by atoms with Gasteiger partial charge >= 0.3 is 0 Å². The molecule has 3 aliphatic heterocycles. The molecule has 120 valence electrons. The Labute approximate surface area is 132 Å². The second kappa shape index (κ2) is 5.43. The largest absolute Gasteiger partial charge is 0.486 e. The van der Waals surface area contributed by atoms with E-state index in [0.29, 0.717) is 31.9 Å². The van der Waals surface area contributed by atoms with Crippen LogP contribution < -0.4 is 9.47 Å². The number of benzene rings is 1. The number of fused-ring (bicyclic) bond motifs is 3. The SMILES string of the molecule is CC[C@@]1(CO)C[C@@H]2CC[C@H]1N2Cc1ccc2c(c1)OCCO2. The van der Waals surface area contributed by atoms with Crippen LogP contribution >= 0.6 is 0 Å². The molecule has 4 nitrogen and oxygen atoms in total. The van der Waals surface area contributed by atoms with E-state index in [1.807, 2.05) is 6.07 Å². The molecule has 1 aromatic carbocycles. The Morgan fingerprint density at radius 1 is 1.23 bits per heavy atom. The standard InChI is InChI=1S/C18H25NO3/c1-2-18(12-20)10-14-4-6-17(18)19(14)11-13-3-5-15-16(9-13)22-8-7-21-15/h3,5,9,14,17,20H,2,4,6-8,10-12H2,1H3/t14-,17+,18-/m0/s1. The number of nitrogens with zero attached hydrogens (tertiary/aromatic N) is 1. The third kappa shape index (κ3) is 2.12. The van der Waals surface area contributed by atoms with Gasteiger partial charge in [0.25, 0.3) is 0 Å². The number of rotatable bonds is 4. The van der Waals surface area contributed by atoms with E-state index in [9.17, 15) is 5.11 Å². The van der Waals surface area contributed by atoms with E-state index >= 15 is 0 Å². The fourth-order valence-electron chi connectivity index (χ4n) is 4.72. The highest BCUT2D eigenvalue weighted by atomic mass is 16.6. The number of hydrogen-bond acceptors (Lipinski definition) is 4. The Morgan fingerprint density at radius 3 is 2.77 bits per heavy atom. The molecular weight excluding hydrogens is 278 g/mol. The second-order valence-corrected chi connectivity index (χ2v) is 6.98. The molecule has 0 aliphatic carbocycles. The van der Waals surface area contributed by atoms with E-state index in [2.05, 4.69) is 24.0 Å². The van der Waals surface area contributed by atoms with Crippen LogP contribution in [-0.2, 0) is 6.54 Å². The summed E-state index contributed by atoms with van der Waals surface area (Å²) in [6.07, 6.45) is 4.72. The van der Waals surface area contributed by atoms with Gasteiger partial charge in [-0.1, -0.05) is 13.0 Å². The molecule has 2 fully saturated rings. The lowest BCUT2D eigenvalue weighted by Gasteiger charge is -2.35. The topological polar surface area (TPSA) is 41.9 Å². The van der Waals surface area contributed by atoms with Crippen molar-refractivity contribution in [2.45, 2.75) is 51.2 Å². The van der Waals surface area contributed by atoms with Crippen LogP contribution in [-0.4, -0.2) is 41.9 Å². The lowest BCUT2D eigenvalue weighted by molar-refractivity contribution is 0.0713. The number of ether oxygens (including phenoxy) is 2. The van der Waals surface area contributed by atoms with Crippen molar-refractivity contribution < 1.29 is 14.6 Å². The molecule has 4 heteroatoms. The molecule has 0 spiro atoms. The molecule has 22 heavy (non-hydrogen) atoms. The van der Waals surface area contributed by atoms with Crippen LogP contribution in [0.2, 0.25) is 0 Å². The van der Waals surface area contributed by atoms with Crippen molar-refractivity contribution in [1.82, 2.24) is 4.90 Å². The molecule has 1 N–H and O–H groups in total. The Balaban J connectivity index is 1.54. The van der Waals surface area contributed by atoms with Crippen molar-refractivity contribution in [1.29, 1.82) is 0 Å². The molecule has 0 amide bonds. The smallest absolute Gasteiger partial charge is 0.161 e. The van der Waals surface area contributed by atoms with E-state index in [1.165, 1.54) is 18.4 Å². The molecule has 4 rings (SSSR count). The van der Waals surface area contributed by atoms with Gasteiger partial charge in [0.2, 0.25) is 0 Å². The lowest BCUT2D eigenvalue weighted by atomic mass is 9.72. The highest BCUT2D eigenvalue weighted by Gasteiger charge is 2.54. The lowest BCUT2D eigenvalue weighted by Crippen LogP contribution is -2.39. The summed E-state index contributed by atoms with van der Waals surface area (Å²) < 4.78 is 11.3. The summed E-state index contributed by atoms with van der Waals surface area (Å²) in [5, 5.41) is 9.92. The predicted molar refractivity (Wildman–Crippen MR) is 84.2 cm³/mol. The van der Waals surface area contributed by atoms with Crippen LogP contribution in [0.1, 0.15) is 38.2 Å². The molecule has 3 atom stereocenters. The molecule has 3 aliphatic rings. The van der Waals surface area contributed by atoms with Crippen molar-refractivity contribution in [3.63, 3.8) is 0 Å². The summed E-state index contributed by atoms with van der Waals surface area (Å²) in [4.78, 5) is 2.62. The molecule has 2 bridgehead atoms. The van der Waals surface area contributed by atoms with Gasteiger partial charge in [-0.25, -0.2) is 0 Å². The van der Waals surface area contributed by atoms with Gasteiger partial charge < -0.3 is 14.6 Å². The van der Waals surface area contributed by atoms with Gasteiger partial charge in [0.15, 0.2) is 11.5 Å². The second-order valence-electron chi connectivity index (χ2n) is 6.98. The van der Waals surface area contributed by atoms with Gasteiger partial charge in [0.05, 0.1) is 6.61 Å². The monoisotopic (exact) mass is 303 g/mol.